The number of benzene rings is 1. The Hall–Kier alpha value is -1.49. The largest absolute Gasteiger partial charge is 0.463 e. The zero-order valence-electron chi connectivity index (χ0n) is 14.4. The number of halogens is 2. The van der Waals surface area contributed by atoms with Crippen LogP contribution in [-0.2, 0) is 9.53 Å². The first-order valence-corrected chi connectivity index (χ1v) is 8.00. The van der Waals surface area contributed by atoms with Crippen molar-refractivity contribution < 1.29 is 18.3 Å². The van der Waals surface area contributed by atoms with Gasteiger partial charge in [0.05, 0.1) is 12.0 Å². The van der Waals surface area contributed by atoms with Crippen molar-refractivity contribution in [2.75, 3.05) is 13.1 Å². The molecule has 3 nitrogen and oxygen atoms in total. The molecule has 0 spiro atoms. The number of likely N-dealkylation sites (tertiary alicyclic amines) is 1. The second kappa shape index (κ2) is 6.56. The summed E-state index contributed by atoms with van der Waals surface area (Å²) in [4.78, 5) is 14.6. The van der Waals surface area contributed by atoms with E-state index in [0.29, 0.717) is 18.7 Å². The lowest BCUT2D eigenvalue weighted by atomic mass is 9.88. The van der Waals surface area contributed by atoms with Crippen LogP contribution in [0.3, 0.4) is 0 Å². The summed E-state index contributed by atoms with van der Waals surface area (Å²) in [6.45, 7) is 10.8. The number of carbonyl (C=O) groups is 1. The molecule has 0 aromatic heterocycles. The number of carbonyl (C=O) groups excluding carboxylic acids is 1. The van der Waals surface area contributed by atoms with Crippen molar-refractivity contribution in [3.05, 3.63) is 35.4 Å². The maximum absolute atomic E-state index is 14.2. The maximum atomic E-state index is 14.2. The second-order valence-electron chi connectivity index (χ2n) is 7.44. The van der Waals surface area contributed by atoms with Crippen LogP contribution in [0.2, 0.25) is 0 Å². The van der Waals surface area contributed by atoms with Crippen molar-refractivity contribution >= 4 is 5.97 Å². The molecule has 1 aromatic rings. The Morgan fingerprint density at radius 2 is 1.91 bits per heavy atom. The van der Waals surface area contributed by atoms with E-state index >= 15 is 0 Å². The summed E-state index contributed by atoms with van der Waals surface area (Å²) in [6.07, 6.45) is -0.218. The third-order valence-electron chi connectivity index (χ3n) is 4.29. The van der Waals surface area contributed by atoms with Gasteiger partial charge in [0.15, 0.2) is 0 Å². The molecule has 1 saturated heterocycles. The predicted octanol–water partition coefficient (Wildman–Crippen LogP) is 3.73. The van der Waals surface area contributed by atoms with E-state index in [2.05, 4.69) is 25.7 Å². The van der Waals surface area contributed by atoms with Gasteiger partial charge in [-0.25, -0.2) is 8.78 Å². The second-order valence-corrected chi connectivity index (χ2v) is 7.44. The van der Waals surface area contributed by atoms with Gasteiger partial charge in [-0.1, -0.05) is 6.07 Å². The van der Waals surface area contributed by atoms with Gasteiger partial charge in [-0.05, 0) is 46.2 Å². The highest BCUT2D eigenvalue weighted by molar-refractivity contribution is 5.75. The molecular weight excluding hydrogens is 300 g/mol. The molecule has 128 valence electrons. The first-order valence-electron chi connectivity index (χ1n) is 8.00. The molecule has 5 heteroatoms. The molecular formula is C18H25F2NO2. The molecule has 23 heavy (non-hydrogen) atoms. The number of esters is 1. The summed E-state index contributed by atoms with van der Waals surface area (Å²) in [5.41, 5.74) is 0.241. The number of hydrogen-bond acceptors (Lipinski definition) is 3. The van der Waals surface area contributed by atoms with Crippen LogP contribution >= 0.6 is 0 Å². The standard InChI is InChI=1S/C18H25F2NO2/c1-11(2)23-17(22)15-10-21(18(3,4)5)9-14(15)13-7-6-12(19)8-16(13)20/h6-8,11,14-15H,9-10H2,1-5H3/t14-,15+/m0/s1. The monoisotopic (exact) mass is 325 g/mol. The average molecular weight is 325 g/mol. The Kier molecular flexibility index (Phi) is 5.09. The van der Waals surface area contributed by atoms with Gasteiger partial charge in [0, 0.05) is 30.6 Å². The van der Waals surface area contributed by atoms with Crippen LogP contribution in [-0.4, -0.2) is 35.6 Å². The molecule has 2 rings (SSSR count). The first-order chi connectivity index (χ1) is 10.6. The third kappa shape index (κ3) is 4.08. The van der Waals surface area contributed by atoms with E-state index in [1.165, 1.54) is 12.1 Å². The Morgan fingerprint density at radius 1 is 1.26 bits per heavy atom. The number of rotatable bonds is 3. The summed E-state index contributed by atoms with van der Waals surface area (Å²) < 4.78 is 32.7. The summed E-state index contributed by atoms with van der Waals surface area (Å²) >= 11 is 0. The van der Waals surface area contributed by atoms with Crippen molar-refractivity contribution in [2.24, 2.45) is 5.92 Å². The summed E-state index contributed by atoms with van der Waals surface area (Å²) in [6, 6.07) is 3.56. The van der Waals surface area contributed by atoms with E-state index in [1.807, 2.05) is 0 Å². The molecule has 0 unspecified atom stereocenters. The molecule has 1 fully saturated rings. The fourth-order valence-corrected chi connectivity index (χ4v) is 3.03. The normalized spacial score (nSPS) is 22.6. The van der Waals surface area contributed by atoms with Gasteiger partial charge in [0.2, 0.25) is 0 Å². The van der Waals surface area contributed by atoms with Crippen LogP contribution in [0, 0.1) is 17.6 Å². The lowest BCUT2D eigenvalue weighted by Gasteiger charge is -2.31. The molecule has 1 aliphatic heterocycles. The van der Waals surface area contributed by atoms with Crippen LogP contribution in [0.5, 0.6) is 0 Å². The molecule has 2 atom stereocenters. The van der Waals surface area contributed by atoms with E-state index in [0.717, 1.165) is 6.07 Å². The highest BCUT2D eigenvalue weighted by Crippen LogP contribution is 2.38. The smallest absolute Gasteiger partial charge is 0.311 e. The van der Waals surface area contributed by atoms with Crippen molar-refractivity contribution in [1.29, 1.82) is 0 Å². The van der Waals surface area contributed by atoms with Crippen LogP contribution in [0.25, 0.3) is 0 Å². The molecule has 0 N–H and O–H groups in total. The van der Waals surface area contributed by atoms with Crippen LogP contribution < -0.4 is 0 Å². The van der Waals surface area contributed by atoms with Crippen LogP contribution in [0.15, 0.2) is 18.2 Å². The number of nitrogens with zero attached hydrogens (tertiary/aromatic N) is 1. The van der Waals surface area contributed by atoms with Gasteiger partial charge < -0.3 is 4.74 Å². The van der Waals surface area contributed by atoms with Crippen molar-refractivity contribution in [3.8, 4) is 0 Å². The third-order valence-corrected chi connectivity index (χ3v) is 4.29. The van der Waals surface area contributed by atoms with Gasteiger partial charge in [-0.2, -0.15) is 0 Å². The highest BCUT2D eigenvalue weighted by atomic mass is 19.1. The maximum Gasteiger partial charge on any atom is 0.311 e. The van der Waals surface area contributed by atoms with E-state index in [9.17, 15) is 13.6 Å². The molecule has 0 radical (unpaired) electrons. The average Bonchev–Trinajstić information content (AvgIpc) is 2.82. The zero-order valence-corrected chi connectivity index (χ0v) is 14.4. The van der Waals surface area contributed by atoms with Crippen molar-refractivity contribution in [1.82, 2.24) is 4.90 Å². The van der Waals surface area contributed by atoms with Gasteiger partial charge >= 0.3 is 5.97 Å². The fraction of sp³-hybridized carbons (Fsp3) is 0.611. The molecule has 1 aromatic carbocycles. The summed E-state index contributed by atoms with van der Waals surface area (Å²) in [5.74, 6) is -2.32. The molecule has 0 aliphatic carbocycles. The Labute approximate surface area is 136 Å². The molecule has 0 amide bonds. The van der Waals surface area contributed by atoms with Crippen molar-refractivity contribution in [2.45, 2.75) is 52.2 Å². The quantitative estimate of drug-likeness (QED) is 0.793. The van der Waals surface area contributed by atoms with Crippen LogP contribution in [0.4, 0.5) is 8.78 Å². The lowest BCUT2D eigenvalue weighted by Crippen LogP contribution is -2.40. The summed E-state index contributed by atoms with van der Waals surface area (Å²) in [5, 5.41) is 0. The van der Waals surface area contributed by atoms with Gasteiger partial charge in [-0.3, -0.25) is 9.69 Å². The first kappa shape index (κ1) is 17.9. The summed E-state index contributed by atoms with van der Waals surface area (Å²) in [7, 11) is 0. The minimum Gasteiger partial charge on any atom is -0.463 e. The van der Waals surface area contributed by atoms with Gasteiger partial charge in [0.25, 0.3) is 0 Å². The minimum atomic E-state index is -0.613. The Bertz CT molecular complexity index is 581. The van der Waals surface area contributed by atoms with E-state index in [4.69, 9.17) is 4.74 Å². The van der Waals surface area contributed by atoms with Crippen molar-refractivity contribution in [3.63, 3.8) is 0 Å². The SMILES string of the molecule is CC(C)OC(=O)[C@@H]1CN(C(C)(C)C)C[C@H]1c1ccc(F)cc1F. The zero-order chi connectivity index (χ0) is 17.4. The number of hydrogen-bond donors (Lipinski definition) is 0. The van der Waals surface area contributed by atoms with E-state index in [1.54, 1.807) is 13.8 Å². The number of ether oxygens (including phenoxy) is 1. The predicted molar refractivity (Wildman–Crippen MR) is 85.1 cm³/mol. The van der Waals surface area contributed by atoms with Gasteiger partial charge in [-0.15, -0.1) is 0 Å². The Morgan fingerprint density at radius 3 is 2.43 bits per heavy atom. The molecule has 0 bridgehead atoms. The fourth-order valence-electron chi connectivity index (χ4n) is 3.03. The lowest BCUT2D eigenvalue weighted by molar-refractivity contribution is -0.152. The molecule has 1 heterocycles. The topological polar surface area (TPSA) is 29.5 Å². The van der Waals surface area contributed by atoms with Gasteiger partial charge in [0.1, 0.15) is 11.6 Å². The minimum absolute atomic E-state index is 0.137. The van der Waals surface area contributed by atoms with E-state index < -0.39 is 17.6 Å². The van der Waals surface area contributed by atoms with E-state index in [-0.39, 0.29) is 23.5 Å². The highest BCUT2D eigenvalue weighted by Gasteiger charge is 2.43. The molecule has 0 saturated carbocycles. The molecule has 1 aliphatic rings. The Balaban J connectivity index is 2.34. The van der Waals surface area contributed by atoms with Crippen LogP contribution in [0.1, 0.15) is 46.1 Å².